The number of alkyl halides is 1. The SMILES string of the molecule is CO[C@H]1OC(=O)[C@H]2N=NC[C@@]12Br. The molecule has 1 saturated heterocycles. The minimum Gasteiger partial charge on any atom is -0.432 e. The number of carbonyl (C=O) groups is 1. The van der Waals surface area contributed by atoms with E-state index in [0.717, 1.165) is 0 Å². The maximum atomic E-state index is 11.1. The number of halogens is 1. The van der Waals surface area contributed by atoms with Crippen molar-refractivity contribution in [1.82, 2.24) is 0 Å². The lowest BCUT2D eigenvalue weighted by molar-refractivity contribution is -0.160. The minimum atomic E-state index is -0.579. The van der Waals surface area contributed by atoms with Gasteiger partial charge in [-0.2, -0.15) is 10.2 Å². The molecule has 0 aromatic rings. The molecule has 0 amide bonds. The van der Waals surface area contributed by atoms with Gasteiger partial charge in [-0.3, -0.25) is 0 Å². The summed E-state index contributed by atoms with van der Waals surface area (Å²) in [5.74, 6) is -0.375. The van der Waals surface area contributed by atoms with Crippen LogP contribution in [0.3, 0.4) is 0 Å². The Balaban J connectivity index is 2.31. The maximum Gasteiger partial charge on any atom is 0.336 e. The Labute approximate surface area is 77.3 Å². The second-order valence-corrected chi connectivity index (χ2v) is 4.23. The maximum absolute atomic E-state index is 11.1. The van der Waals surface area contributed by atoms with E-state index in [-0.39, 0.29) is 5.97 Å². The van der Waals surface area contributed by atoms with E-state index in [0.29, 0.717) is 6.54 Å². The van der Waals surface area contributed by atoms with Gasteiger partial charge in [0.05, 0.1) is 6.54 Å². The monoisotopic (exact) mass is 234 g/mol. The highest BCUT2D eigenvalue weighted by molar-refractivity contribution is 9.10. The lowest BCUT2D eigenvalue weighted by atomic mass is 10.0. The van der Waals surface area contributed by atoms with Crippen LogP contribution in [0.1, 0.15) is 0 Å². The summed E-state index contributed by atoms with van der Waals surface area (Å²) in [5.41, 5.74) is 0. The largest absolute Gasteiger partial charge is 0.432 e. The van der Waals surface area contributed by atoms with Gasteiger partial charge in [-0.05, 0) is 0 Å². The molecule has 0 aliphatic carbocycles. The van der Waals surface area contributed by atoms with Gasteiger partial charge in [0.1, 0.15) is 4.32 Å². The normalized spacial score (nSPS) is 44.7. The predicted molar refractivity (Wildman–Crippen MR) is 42.1 cm³/mol. The lowest BCUT2D eigenvalue weighted by Gasteiger charge is -2.20. The highest BCUT2D eigenvalue weighted by Crippen LogP contribution is 2.41. The van der Waals surface area contributed by atoms with Gasteiger partial charge >= 0.3 is 5.97 Å². The molecular weight excluding hydrogens is 228 g/mol. The molecule has 3 atom stereocenters. The standard InChI is InChI=1S/C6H7BrN2O3/c1-11-5-6(7)2-8-9-3(6)4(10)12-5/h3,5H,2H2,1H3/t3-,5+,6+/m1/s1. The van der Waals surface area contributed by atoms with Crippen LogP contribution in [0.15, 0.2) is 10.2 Å². The first-order valence-corrected chi connectivity index (χ1v) is 4.26. The highest BCUT2D eigenvalue weighted by Gasteiger charge is 2.59. The third-order valence-electron chi connectivity index (χ3n) is 2.02. The van der Waals surface area contributed by atoms with Crippen LogP contribution in [0, 0.1) is 0 Å². The fourth-order valence-electron chi connectivity index (χ4n) is 1.37. The first-order chi connectivity index (χ1) is 5.68. The first kappa shape index (κ1) is 8.12. The van der Waals surface area contributed by atoms with Crippen LogP contribution < -0.4 is 0 Å². The van der Waals surface area contributed by atoms with Crippen molar-refractivity contribution in [1.29, 1.82) is 0 Å². The fraction of sp³-hybridized carbons (Fsp3) is 0.833. The quantitative estimate of drug-likeness (QED) is 0.490. The Morgan fingerprint density at radius 1 is 1.83 bits per heavy atom. The summed E-state index contributed by atoms with van der Waals surface area (Å²) in [6, 6.07) is -0.539. The highest BCUT2D eigenvalue weighted by atomic mass is 79.9. The van der Waals surface area contributed by atoms with E-state index in [2.05, 4.69) is 26.2 Å². The van der Waals surface area contributed by atoms with Crippen LogP contribution in [0.25, 0.3) is 0 Å². The van der Waals surface area contributed by atoms with Crippen molar-refractivity contribution in [2.75, 3.05) is 13.7 Å². The zero-order valence-corrected chi connectivity index (χ0v) is 7.94. The Bertz CT molecular complexity index is 257. The summed E-state index contributed by atoms with van der Waals surface area (Å²) in [7, 11) is 1.49. The molecule has 12 heavy (non-hydrogen) atoms. The molecule has 5 nitrogen and oxygen atoms in total. The average Bonchev–Trinajstić information content (AvgIpc) is 2.51. The Hall–Kier alpha value is -0.490. The van der Waals surface area contributed by atoms with Gasteiger partial charge in [-0.15, -0.1) is 0 Å². The van der Waals surface area contributed by atoms with Crippen LogP contribution >= 0.6 is 15.9 Å². The zero-order valence-electron chi connectivity index (χ0n) is 6.36. The number of carbonyl (C=O) groups excluding carboxylic acids is 1. The van der Waals surface area contributed by atoms with Gasteiger partial charge in [0.2, 0.25) is 6.29 Å². The van der Waals surface area contributed by atoms with Crippen molar-refractivity contribution in [3.8, 4) is 0 Å². The third-order valence-corrected chi connectivity index (χ3v) is 3.08. The molecule has 0 radical (unpaired) electrons. The van der Waals surface area contributed by atoms with Crippen LogP contribution in [0.4, 0.5) is 0 Å². The van der Waals surface area contributed by atoms with Gasteiger partial charge in [0.25, 0.3) is 0 Å². The summed E-state index contributed by atoms with van der Waals surface area (Å²) in [4.78, 5) is 11.1. The molecule has 2 aliphatic heterocycles. The second-order valence-electron chi connectivity index (χ2n) is 2.75. The summed E-state index contributed by atoms with van der Waals surface area (Å²) < 4.78 is 9.34. The molecule has 2 aliphatic rings. The molecule has 0 unspecified atom stereocenters. The number of hydrogen-bond acceptors (Lipinski definition) is 5. The summed E-state index contributed by atoms with van der Waals surface area (Å²) in [6.45, 7) is 0.419. The van der Waals surface area contributed by atoms with E-state index in [1.807, 2.05) is 0 Å². The topological polar surface area (TPSA) is 60.2 Å². The molecule has 2 rings (SSSR count). The molecule has 0 spiro atoms. The van der Waals surface area contributed by atoms with E-state index >= 15 is 0 Å². The van der Waals surface area contributed by atoms with Gasteiger partial charge in [-0.25, -0.2) is 4.79 Å². The molecule has 0 saturated carbocycles. The first-order valence-electron chi connectivity index (χ1n) is 3.47. The van der Waals surface area contributed by atoms with E-state index in [4.69, 9.17) is 9.47 Å². The predicted octanol–water partition coefficient (Wildman–Crippen LogP) is 0.484. The number of fused-ring (bicyclic) bond motifs is 1. The average molecular weight is 235 g/mol. The fourth-order valence-corrected chi connectivity index (χ4v) is 2.04. The number of hydrogen-bond donors (Lipinski definition) is 0. The second kappa shape index (κ2) is 2.50. The van der Waals surface area contributed by atoms with E-state index in [1.54, 1.807) is 0 Å². The molecule has 0 bridgehead atoms. The van der Waals surface area contributed by atoms with Crippen molar-refractivity contribution in [2.24, 2.45) is 10.2 Å². The van der Waals surface area contributed by atoms with Crippen LogP contribution in [0.5, 0.6) is 0 Å². The van der Waals surface area contributed by atoms with E-state index < -0.39 is 16.7 Å². The molecule has 0 aromatic carbocycles. The van der Waals surface area contributed by atoms with E-state index in [1.165, 1.54) is 7.11 Å². The van der Waals surface area contributed by atoms with Crippen molar-refractivity contribution in [3.05, 3.63) is 0 Å². The van der Waals surface area contributed by atoms with Gasteiger partial charge < -0.3 is 9.47 Å². The van der Waals surface area contributed by atoms with E-state index in [9.17, 15) is 4.79 Å². The molecular formula is C6H7BrN2O3. The smallest absolute Gasteiger partial charge is 0.336 e. The molecule has 0 aromatic heterocycles. The molecule has 2 heterocycles. The molecule has 66 valence electrons. The molecule has 1 fully saturated rings. The van der Waals surface area contributed by atoms with Crippen LogP contribution in [0.2, 0.25) is 0 Å². The Morgan fingerprint density at radius 2 is 2.58 bits per heavy atom. The lowest BCUT2D eigenvalue weighted by Crippen LogP contribution is -2.41. The van der Waals surface area contributed by atoms with Crippen molar-refractivity contribution in [3.63, 3.8) is 0 Å². The number of azo groups is 1. The summed E-state index contributed by atoms with van der Waals surface area (Å²) in [5, 5.41) is 7.56. The number of ether oxygens (including phenoxy) is 2. The van der Waals surface area contributed by atoms with Crippen molar-refractivity contribution in [2.45, 2.75) is 16.7 Å². The number of rotatable bonds is 1. The summed E-state index contributed by atoms with van der Waals surface area (Å²) >= 11 is 3.38. The third kappa shape index (κ3) is 0.847. The number of cyclic esters (lactones) is 1. The molecule has 0 N–H and O–H groups in total. The number of esters is 1. The zero-order chi connectivity index (χ0) is 8.77. The van der Waals surface area contributed by atoms with Gasteiger partial charge in [0.15, 0.2) is 6.04 Å². The van der Waals surface area contributed by atoms with Gasteiger partial charge in [0, 0.05) is 7.11 Å². The molecule has 6 heteroatoms. The van der Waals surface area contributed by atoms with Crippen LogP contribution in [-0.4, -0.2) is 36.3 Å². The minimum absolute atomic E-state index is 0.375. The summed E-state index contributed by atoms with van der Waals surface area (Å²) in [6.07, 6.45) is -0.579. The van der Waals surface area contributed by atoms with Crippen molar-refractivity contribution < 1.29 is 14.3 Å². The Morgan fingerprint density at radius 3 is 3.25 bits per heavy atom. The van der Waals surface area contributed by atoms with Crippen LogP contribution in [-0.2, 0) is 14.3 Å². The number of nitrogens with zero attached hydrogens (tertiary/aromatic N) is 2. The van der Waals surface area contributed by atoms with Crippen molar-refractivity contribution >= 4 is 21.9 Å². The Kier molecular flexibility index (Phi) is 1.69. The van der Waals surface area contributed by atoms with Gasteiger partial charge in [-0.1, -0.05) is 15.9 Å². The number of methoxy groups -OCH3 is 1.